The van der Waals surface area contributed by atoms with E-state index in [4.69, 9.17) is 10.1 Å². The zero-order valence-corrected chi connectivity index (χ0v) is 20.9. The summed E-state index contributed by atoms with van der Waals surface area (Å²) in [6.45, 7) is 2.92. The summed E-state index contributed by atoms with van der Waals surface area (Å²) in [5.74, 6) is 0.337. The van der Waals surface area contributed by atoms with Gasteiger partial charge in [0.05, 0.1) is 5.57 Å². The molecule has 6 rings (SSSR count). The number of hydrogen-bond donors (Lipinski definition) is 1. The van der Waals surface area contributed by atoms with Gasteiger partial charge in [0, 0.05) is 29.2 Å². The van der Waals surface area contributed by atoms with Gasteiger partial charge in [-0.25, -0.2) is 0 Å². The first-order chi connectivity index (χ1) is 18.1. The number of hydrogen-bond acceptors (Lipinski definition) is 5. The van der Waals surface area contributed by atoms with Crippen molar-refractivity contribution in [3.63, 3.8) is 0 Å². The van der Waals surface area contributed by atoms with Crippen molar-refractivity contribution in [2.45, 2.75) is 13.5 Å². The third-order valence-electron chi connectivity index (χ3n) is 6.26. The van der Waals surface area contributed by atoms with E-state index in [9.17, 15) is 4.79 Å². The van der Waals surface area contributed by atoms with Crippen LogP contribution in [0.3, 0.4) is 0 Å². The highest BCUT2D eigenvalue weighted by atomic mass is 32.2. The molecule has 0 atom stereocenters. The average Bonchev–Trinajstić information content (AvgIpc) is 3.48. The standard InChI is InChI=1S/C29H23N5O2S/c1-19-9-5-8-14-25(19)36-18-26-32-34-27(30)23(28(35)31-29(34)37-26)15-21-17-33(16-20-10-3-2-4-11-20)24-13-7-6-12-22(21)24/h2-15,17,30H,16,18H2,1H3. The first-order valence-electron chi connectivity index (χ1n) is 11.9. The van der Waals surface area contributed by atoms with Gasteiger partial charge in [-0.2, -0.15) is 15.1 Å². The van der Waals surface area contributed by atoms with Gasteiger partial charge in [-0.15, -0.1) is 0 Å². The number of carbonyl (C=O) groups excluding carboxylic acids is 1. The second-order valence-corrected chi connectivity index (χ2v) is 9.82. The monoisotopic (exact) mass is 505 g/mol. The minimum Gasteiger partial charge on any atom is -0.486 e. The minimum atomic E-state index is -0.445. The van der Waals surface area contributed by atoms with Crippen LogP contribution >= 0.6 is 11.8 Å². The Labute approximate surface area is 218 Å². The molecule has 3 aromatic carbocycles. The van der Waals surface area contributed by atoms with Crippen molar-refractivity contribution in [2.24, 2.45) is 10.1 Å². The van der Waals surface area contributed by atoms with Crippen LogP contribution < -0.4 is 4.74 Å². The summed E-state index contributed by atoms with van der Waals surface area (Å²) in [5.41, 5.74) is 4.33. The van der Waals surface area contributed by atoms with Gasteiger partial charge in [-0.05, 0) is 48.0 Å². The van der Waals surface area contributed by atoms with Crippen molar-refractivity contribution in [2.75, 3.05) is 6.61 Å². The number of fused-ring (bicyclic) bond motifs is 2. The molecular weight excluding hydrogens is 482 g/mol. The molecule has 1 N–H and O–H groups in total. The maximum Gasteiger partial charge on any atom is 0.283 e. The van der Waals surface area contributed by atoms with Crippen LogP contribution in [-0.4, -0.2) is 38.1 Å². The molecule has 2 aliphatic heterocycles. The number of ether oxygens (including phenoxy) is 1. The van der Waals surface area contributed by atoms with Crippen molar-refractivity contribution in [3.8, 4) is 5.75 Å². The molecule has 3 heterocycles. The summed E-state index contributed by atoms with van der Waals surface area (Å²) in [6, 6.07) is 26.1. The molecule has 7 nitrogen and oxygen atoms in total. The van der Waals surface area contributed by atoms with Crippen molar-refractivity contribution >= 4 is 50.7 Å². The Morgan fingerprint density at radius 2 is 1.76 bits per heavy atom. The lowest BCUT2D eigenvalue weighted by Crippen LogP contribution is -2.35. The number of amides is 1. The Balaban J connectivity index is 1.28. The van der Waals surface area contributed by atoms with Gasteiger partial charge in [0.25, 0.3) is 5.91 Å². The SMILES string of the molecule is Cc1ccccc1OCC1=NN2C(=N)C(=Cc3cn(Cc4ccccc4)c4ccccc34)C(=O)N=C2S1. The molecule has 1 aromatic heterocycles. The van der Waals surface area contributed by atoms with E-state index in [1.165, 1.54) is 22.3 Å². The van der Waals surface area contributed by atoms with Crippen LogP contribution in [0.1, 0.15) is 16.7 Å². The fourth-order valence-electron chi connectivity index (χ4n) is 4.40. The number of carbonyl (C=O) groups is 1. The maximum atomic E-state index is 13.0. The Morgan fingerprint density at radius 3 is 2.59 bits per heavy atom. The highest BCUT2D eigenvalue weighted by Gasteiger charge is 2.36. The number of aryl methyl sites for hydroxylation is 1. The van der Waals surface area contributed by atoms with Crippen LogP contribution in [0.15, 0.2) is 101 Å². The number of nitrogens with zero attached hydrogens (tertiary/aromatic N) is 4. The summed E-state index contributed by atoms with van der Waals surface area (Å²) >= 11 is 1.25. The average molecular weight is 506 g/mol. The Bertz CT molecular complexity index is 1630. The molecule has 0 aliphatic carbocycles. The Morgan fingerprint density at radius 1 is 1.00 bits per heavy atom. The van der Waals surface area contributed by atoms with Gasteiger partial charge < -0.3 is 9.30 Å². The number of hydrazone groups is 1. The normalized spacial score (nSPS) is 16.2. The number of para-hydroxylation sites is 2. The molecule has 0 fully saturated rings. The summed E-state index contributed by atoms with van der Waals surface area (Å²) in [5, 5.41) is 16.7. The van der Waals surface area contributed by atoms with E-state index < -0.39 is 5.91 Å². The van der Waals surface area contributed by atoms with Gasteiger partial charge in [-0.1, -0.05) is 66.7 Å². The van der Waals surface area contributed by atoms with Crippen LogP contribution in [0, 0.1) is 12.3 Å². The third kappa shape index (κ3) is 4.47. The van der Waals surface area contributed by atoms with Gasteiger partial charge in [-0.3, -0.25) is 10.2 Å². The van der Waals surface area contributed by atoms with E-state index in [0.29, 0.717) is 16.8 Å². The molecule has 4 aromatic rings. The fraction of sp³-hybridized carbons (Fsp3) is 0.103. The number of aromatic nitrogens is 1. The Kier molecular flexibility index (Phi) is 5.94. The van der Waals surface area contributed by atoms with Crippen LogP contribution in [0.25, 0.3) is 17.0 Å². The predicted molar refractivity (Wildman–Crippen MR) is 149 cm³/mol. The number of aliphatic imine (C=N–C) groups is 1. The van der Waals surface area contributed by atoms with E-state index >= 15 is 0 Å². The Hall–Kier alpha value is -4.43. The lowest BCUT2D eigenvalue weighted by Gasteiger charge is -2.20. The van der Waals surface area contributed by atoms with Gasteiger partial charge in [0.15, 0.2) is 5.84 Å². The molecule has 1 amide bonds. The molecule has 0 unspecified atom stereocenters. The van der Waals surface area contributed by atoms with Crippen LogP contribution in [0.2, 0.25) is 0 Å². The summed E-state index contributed by atoms with van der Waals surface area (Å²) in [6.07, 6.45) is 3.77. The molecule has 0 radical (unpaired) electrons. The molecule has 37 heavy (non-hydrogen) atoms. The van der Waals surface area contributed by atoms with E-state index in [1.54, 1.807) is 6.08 Å². The first-order valence-corrected chi connectivity index (χ1v) is 12.7. The van der Waals surface area contributed by atoms with Gasteiger partial charge in [0.2, 0.25) is 5.17 Å². The van der Waals surface area contributed by atoms with Crippen LogP contribution in [0.4, 0.5) is 0 Å². The molecule has 2 aliphatic rings. The number of thioether (sulfide) groups is 1. The molecule has 0 saturated carbocycles. The zero-order valence-electron chi connectivity index (χ0n) is 20.1. The lowest BCUT2D eigenvalue weighted by molar-refractivity contribution is -0.114. The van der Waals surface area contributed by atoms with Crippen molar-refractivity contribution in [1.29, 1.82) is 5.41 Å². The first kappa shape index (κ1) is 23.0. The number of nitrogens with one attached hydrogen (secondary N) is 1. The van der Waals surface area contributed by atoms with E-state index in [1.807, 2.05) is 73.8 Å². The molecule has 0 spiro atoms. The lowest BCUT2D eigenvalue weighted by atomic mass is 10.1. The quantitative estimate of drug-likeness (QED) is 0.341. The molecule has 0 saturated heterocycles. The van der Waals surface area contributed by atoms with E-state index in [2.05, 4.69) is 32.9 Å². The number of amidine groups is 2. The smallest absolute Gasteiger partial charge is 0.283 e. The molecule has 8 heteroatoms. The minimum absolute atomic E-state index is 0.00767. The summed E-state index contributed by atoms with van der Waals surface area (Å²) < 4.78 is 8.07. The maximum absolute atomic E-state index is 13.0. The second kappa shape index (κ2) is 9.55. The largest absolute Gasteiger partial charge is 0.486 e. The van der Waals surface area contributed by atoms with Crippen LogP contribution in [-0.2, 0) is 11.3 Å². The number of benzene rings is 3. The van der Waals surface area contributed by atoms with Crippen molar-refractivity contribution < 1.29 is 9.53 Å². The van der Waals surface area contributed by atoms with Gasteiger partial charge >= 0.3 is 0 Å². The third-order valence-corrected chi connectivity index (χ3v) is 7.14. The summed E-state index contributed by atoms with van der Waals surface area (Å²) in [7, 11) is 0. The zero-order chi connectivity index (χ0) is 25.4. The van der Waals surface area contributed by atoms with E-state index in [0.717, 1.165) is 27.8 Å². The second-order valence-electron chi connectivity index (χ2n) is 8.78. The van der Waals surface area contributed by atoms with Crippen molar-refractivity contribution in [3.05, 3.63) is 107 Å². The van der Waals surface area contributed by atoms with Crippen LogP contribution in [0.5, 0.6) is 5.75 Å². The van der Waals surface area contributed by atoms with Gasteiger partial charge in [0.1, 0.15) is 17.4 Å². The number of rotatable bonds is 6. The predicted octanol–water partition coefficient (Wildman–Crippen LogP) is 5.70. The topological polar surface area (TPSA) is 83.0 Å². The summed E-state index contributed by atoms with van der Waals surface area (Å²) in [4.78, 5) is 17.2. The van der Waals surface area contributed by atoms with E-state index in [-0.39, 0.29) is 18.0 Å². The highest BCUT2D eigenvalue weighted by Crippen LogP contribution is 2.31. The highest BCUT2D eigenvalue weighted by molar-refractivity contribution is 8.27. The fourth-order valence-corrected chi connectivity index (χ4v) is 5.20. The molecular formula is C29H23N5O2S. The molecule has 0 bridgehead atoms. The van der Waals surface area contributed by atoms with Crippen molar-refractivity contribution in [1.82, 2.24) is 9.58 Å². The molecule has 182 valence electrons.